The average molecular weight is 369 g/mol. The highest BCUT2D eigenvalue weighted by Crippen LogP contribution is 2.36. The van der Waals surface area contributed by atoms with Gasteiger partial charge < -0.3 is 14.3 Å². The van der Waals surface area contributed by atoms with Gasteiger partial charge >= 0.3 is 11.6 Å². The number of hydrogen-bond acceptors (Lipinski definition) is 7. The Morgan fingerprint density at radius 3 is 2.85 bits per heavy atom. The lowest BCUT2D eigenvalue weighted by molar-refractivity contribution is -0.386. The number of phenolic OH excluding ortho intramolecular Hbond substituents is 1. The lowest BCUT2D eigenvalue weighted by Gasteiger charge is -2.07. The minimum absolute atomic E-state index is 0.0447. The van der Waals surface area contributed by atoms with E-state index in [1.807, 2.05) is 12.1 Å². The summed E-state index contributed by atoms with van der Waals surface area (Å²) in [4.78, 5) is 22.4. The van der Waals surface area contributed by atoms with Gasteiger partial charge in [0.05, 0.1) is 17.7 Å². The van der Waals surface area contributed by atoms with Gasteiger partial charge in [-0.15, -0.1) is 0 Å². The van der Waals surface area contributed by atoms with Crippen LogP contribution in [0.2, 0.25) is 0 Å². The molecular formula is C18H15N3O6. The van der Waals surface area contributed by atoms with E-state index in [0.717, 1.165) is 11.5 Å². The molecule has 0 bridgehead atoms. The molecule has 1 aromatic heterocycles. The van der Waals surface area contributed by atoms with Crippen molar-refractivity contribution >= 4 is 28.8 Å². The zero-order valence-electron chi connectivity index (χ0n) is 14.2. The van der Waals surface area contributed by atoms with Crippen molar-refractivity contribution in [2.45, 2.75) is 6.92 Å². The largest absolute Gasteiger partial charge is 0.500 e. The SMILES string of the molecule is CCOc1cc(/C=N\NC(=O)c2cc3ccccc3o2)cc([N+](=O)[O-])c1O. The van der Waals surface area contributed by atoms with E-state index >= 15 is 0 Å². The molecule has 9 heteroatoms. The molecule has 3 aromatic rings. The predicted molar refractivity (Wildman–Crippen MR) is 97.2 cm³/mol. The van der Waals surface area contributed by atoms with Gasteiger partial charge in [-0.2, -0.15) is 5.10 Å². The molecule has 3 rings (SSSR count). The second-order valence-corrected chi connectivity index (χ2v) is 5.42. The van der Waals surface area contributed by atoms with Crippen molar-refractivity contribution in [3.8, 4) is 11.5 Å². The van der Waals surface area contributed by atoms with Crippen LogP contribution in [-0.2, 0) is 0 Å². The summed E-state index contributed by atoms with van der Waals surface area (Å²) in [6, 6.07) is 11.2. The summed E-state index contributed by atoms with van der Waals surface area (Å²) in [6.45, 7) is 1.90. The molecule has 0 fully saturated rings. The van der Waals surface area contributed by atoms with Crippen LogP contribution < -0.4 is 10.2 Å². The summed E-state index contributed by atoms with van der Waals surface area (Å²) >= 11 is 0. The highest BCUT2D eigenvalue weighted by molar-refractivity contribution is 5.96. The van der Waals surface area contributed by atoms with Gasteiger partial charge in [0.25, 0.3) is 0 Å². The fourth-order valence-electron chi connectivity index (χ4n) is 2.41. The first kappa shape index (κ1) is 17.9. The first-order chi connectivity index (χ1) is 13.0. The van der Waals surface area contributed by atoms with Gasteiger partial charge in [-0.05, 0) is 25.1 Å². The number of carbonyl (C=O) groups is 1. The lowest BCUT2D eigenvalue weighted by Crippen LogP contribution is -2.16. The van der Waals surface area contributed by atoms with Crippen molar-refractivity contribution < 1.29 is 24.0 Å². The molecule has 9 nitrogen and oxygen atoms in total. The van der Waals surface area contributed by atoms with Crippen molar-refractivity contribution in [3.63, 3.8) is 0 Å². The maximum absolute atomic E-state index is 12.1. The number of nitrogens with zero attached hydrogens (tertiary/aromatic N) is 2. The number of carbonyl (C=O) groups excluding carboxylic acids is 1. The number of rotatable bonds is 6. The molecular weight excluding hydrogens is 354 g/mol. The first-order valence-electron chi connectivity index (χ1n) is 7.95. The third kappa shape index (κ3) is 3.87. The van der Waals surface area contributed by atoms with Crippen LogP contribution in [0.1, 0.15) is 23.0 Å². The number of nitro benzene ring substituents is 1. The zero-order valence-corrected chi connectivity index (χ0v) is 14.2. The molecule has 1 heterocycles. The van der Waals surface area contributed by atoms with Crippen LogP contribution in [0.25, 0.3) is 11.0 Å². The normalized spacial score (nSPS) is 11.0. The van der Waals surface area contributed by atoms with E-state index < -0.39 is 22.3 Å². The van der Waals surface area contributed by atoms with E-state index in [1.165, 1.54) is 12.3 Å². The maximum atomic E-state index is 12.1. The average Bonchev–Trinajstić information content (AvgIpc) is 3.08. The maximum Gasteiger partial charge on any atom is 0.315 e. The van der Waals surface area contributed by atoms with Gasteiger partial charge in [-0.3, -0.25) is 14.9 Å². The quantitative estimate of drug-likeness (QED) is 0.390. The monoisotopic (exact) mass is 369 g/mol. The third-order valence-corrected chi connectivity index (χ3v) is 3.60. The van der Waals surface area contributed by atoms with Gasteiger partial charge in [0, 0.05) is 17.0 Å². The second-order valence-electron chi connectivity index (χ2n) is 5.42. The fraction of sp³-hybridized carbons (Fsp3) is 0.111. The molecule has 0 atom stereocenters. The van der Waals surface area contributed by atoms with Crippen molar-refractivity contribution in [1.29, 1.82) is 0 Å². The Balaban J connectivity index is 1.78. The fourth-order valence-corrected chi connectivity index (χ4v) is 2.41. The van der Waals surface area contributed by atoms with Crippen LogP contribution in [0, 0.1) is 10.1 Å². The predicted octanol–water partition coefficient (Wildman–Crippen LogP) is 3.21. The Bertz CT molecular complexity index is 1010. The van der Waals surface area contributed by atoms with Crippen molar-refractivity contribution in [2.24, 2.45) is 5.10 Å². The van der Waals surface area contributed by atoms with E-state index in [0.29, 0.717) is 5.58 Å². The molecule has 2 aromatic carbocycles. The molecule has 0 spiro atoms. The number of para-hydroxylation sites is 1. The van der Waals surface area contributed by atoms with Crippen LogP contribution in [0.4, 0.5) is 5.69 Å². The standard InChI is InChI=1S/C18H15N3O6/c1-2-26-15-8-11(7-13(17(15)22)21(24)25)10-19-20-18(23)16-9-12-5-3-4-6-14(12)27-16/h3-10,22H,2H2,1H3,(H,20,23)/b19-10-. The molecule has 27 heavy (non-hydrogen) atoms. The summed E-state index contributed by atoms with van der Waals surface area (Å²) in [5.41, 5.74) is 2.61. The number of hydrazone groups is 1. The number of aromatic hydroxyl groups is 1. The van der Waals surface area contributed by atoms with Gasteiger partial charge in [-0.1, -0.05) is 18.2 Å². The molecule has 0 aliphatic heterocycles. The Morgan fingerprint density at radius 2 is 2.15 bits per heavy atom. The molecule has 0 unspecified atom stereocenters. The summed E-state index contributed by atoms with van der Waals surface area (Å²) in [6.07, 6.45) is 1.20. The van der Waals surface area contributed by atoms with Gasteiger partial charge in [0.2, 0.25) is 5.75 Å². The van der Waals surface area contributed by atoms with Crippen molar-refractivity contribution in [2.75, 3.05) is 6.61 Å². The number of hydrogen-bond donors (Lipinski definition) is 2. The number of benzene rings is 2. The Labute approximate surface area is 153 Å². The Hall–Kier alpha value is -3.88. The first-order valence-corrected chi connectivity index (χ1v) is 7.95. The summed E-state index contributed by atoms with van der Waals surface area (Å²) in [5, 5.41) is 25.5. The van der Waals surface area contributed by atoms with Crippen LogP contribution in [0.5, 0.6) is 11.5 Å². The number of ether oxygens (including phenoxy) is 1. The Kier molecular flexibility index (Phi) is 5.02. The topological polar surface area (TPSA) is 127 Å². The molecule has 0 radical (unpaired) electrons. The van der Waals surface area contributed by atoms with E-state index in [2.05, 4.69) is 10.5 Å². The van der Waals surface area contributed by atoms with Gasteiger partial charge in [-0.25, -0.2) is 5.43 Å². The molecule has 138 valence electrons. The highest BCUT2D eigenvalue weighted by Gasteiger charge is 2.19. The van der Waals surface area contributed by atoms with Crippen LogP contribution in [-0.4, -0.2) is 28.8 Å². The van der Waals surface area contributed by atoms with Crippen molar-refractivity contribution in [3.05, 3.63) is 63.9 Å². The Morgan fingerprint density at radius 1 is 1.37 bits per heavy atom. The van der Waals surface area contributed by atoms with Crippen LogP contribution >= 0.6 is 0 Å². The van der Waals surface area contributed by atoms with E-state index in [1.54, 1.807) is 25.1 Å². The highest BCUT2D eigenvalue weighted by atomic mass is 16.6. The number of amides is 1. The van der Waals surface area contributed by atoms with E-state index in [-0.39, 0.29) is 23.7 Å². The molecule has 1 amide bonds. The summed E-state index contributed by atoms with van der Waals surface area (Å²) < 4.78 is 10.6. The second kappa shape index (κ2) is 7.56. The number of nitro groups is 1. The molecule has 0 saturated carbocycles. The minimum atomic E-state index is -0.734. The number of phenols is 1. The lowest BCUT2D eigenvalue weighted by atomic mass is 10.2. The smallest absolute Gasteiger partial charge is 0.315 e. The van der Waals surface area contributed by atoms with Crippen LogP contribution in [0.3, 0.4) is 0 Å². The van der Waals surface area contributed by atoms with Crippen molar-refractivity contribution in [1.82, 2.24) is 5.43 Å². The van der Waals surface area contributed by atoms with E-state index in [4.69, 9.17) is 9.15 Å². The minimum Gasteiger partial charge on any atom is -0.500 e. The summed E-state index contributed by atoms with van der Waals surface area (Å²) in [7, 11) is 0. The molecule has 0 aliphatic rings. The molecule has 0 aliphatic carbocycles. The number of nitrogens with one attached hydrogen (secondary N) is 1. The number of furan rings is 1. The zero-order chi connectivity index (χ0) is 19.4. The molecule has 0 saturated heterocycles. The summed E-state index contributed by atoms with van der Waals surface area (Å²) in [5.74, 6) is -1.09. The third-order valence-electron chi connectivity index (χ3n) is 3.60. The molecule has 2 N–H and O–H groups in total. The van der Waals surface area contributed by atoms with Gasteiger partial charge in [0.15, 0.2) is 11.5 Å². The number of fused-ring (bicyclic) bond motifs is 1. The van der Waals surface area contributed by atoms with Gasteiger partial charge in [0.1, 0.15) is 5.58 Å². The van der Waals surface area contributed by atoms with E-state index in [9.17, 15) is 20.0 Å². The van der Waals surface area contributed by atoms with Crippen LogP contribution in [0.15, 0.2) is 52.0 Å².